The Kier molecular flexibility index (Phi) is 9.68. The molecule has 6 heteroatoms. The van der Waals surface area contributed by atoms with Gasteiger partial charge in [-0.25, -0.2) is 4.79 Å². The first-order valence-corrected chi connectivity index (χ1v) is 11.1. The minimum atomic E-state index is -0.398. The van der Waals surface area contributed by atoms with E-state index in [1.54, 1.807) is 0 Å². The van der Waals surface area contributed by atoms with E-state index in [1.807, 2.05) is 11.9 Å². The first kappa shape index (κ1) is 23.4. The highest BCUT2D eigenvalue weighted by molar-refractivity contribution is 5.81. The molecule has 0 radical (unpaired) electrons. The second-order valence-corrected chi connectivity index (χ2v) is 8.59. The summed E-state index contributed by atoms with van der Waals surface area (Å²) in [7, 11) is 3.35. The van der Waals surface area contributed by atoms with Crippen molar-refractivity contribution in [2.45, 2.75) is 64.2 Å². The van der Waals surface area contributed by atoms with Crippen molar-refractivity contribution in [3.8, 4) is 0 Å². The van der Waals surface area contributed by atoms with Crippen LogP contribution in [0, 0.1) is 23.7 Å². The molecule has 2 rings (SSSR count). The molecule has 2 saturated carbocycles. The van der Waals surface area contributed by atoms with Gasteiger partial charge in [-0.05, 0) is 76.0 Å². The molecule has 0 bridgehead atoms. The molecule has 0 N–H and O–H groups in total. The summed E-state index contributed by atoms with van der Waals surface area (Å²) >= 11 is 0. The van der Waals surface area contributed by atoms with Crippen molar-refractivity contribution in [1.82, 2.24) is 4.90 Å². The molecule has 2 fully saturated rings. The molecule has 164 valence electrons. The van der Waals surface area contributed by atoms with E-state index in [0.717, 1.165) is 70.3 Å². The summed E-state index contributed by atoms with van der Waals surface area (Å²) in [6, 6.07) is 0. The van der Waals surface area contributed by atoms with Gasteiger partial charge in [0.2, 0.25) is 5.91 Å². The lowest BCUT2D eigenvalue weighted by atomic mass is 9.69. The Balaban J connectivity index is 1.64. The number of hydrogen-bond donors (Lipinski definition) is 0. The van der Waals surface area contributed by atoms with Gasteiger partial charge in [0.25, 0.3) is 0 Å². The monoisotopic (exact) mass is 407 g/mol. The maximum atomic E-state index is 12.7. The zero-order valence-electron chi connectivity index (χ0n) is 18.1. The van der Waals surface area contributed by atoms with Crippen molar-refractivity contribution in [2.75, 3.05) is 27.3 Å². The van der Waals surface area contributed by atoms with Gasteiger partial charge >= 0.3 is 11.9 Å². The maximum Gasteiger partial charge on any atom is 0.330 e. The predicted octanol–water partition coefficient (Wildman–Crippen LogP) is 3.74. The summed E-state index contributed by atoms with van der Waals surface area (Å²) < 4.78 is 9.84. The molecule has 0 unspecified atom stereocenters. The summed E-state index contributed by atoms with van der Waals surface area (Å²) in [5.74, 6) is 1.42. The van der Waals surface area contributed by atoms with Crippen LogP contribution in [0.15, 0.2) is 12.7 Å². The van der Waals surface area contributed by atoms with Gasteiger partial charge in [0.1, 0.15) is 0 Å². The minimum absolute atomic E-state index is 0.0559. The Hall–Kier alpha value is -1.85. The predicted molar refractivity (Wildman–Crippen MR) is 111 cm³/mol. The number of carbonyl (C=O) groups excluding carboxylic acids is 3. The van der Waals surface area contributed by atoms with Crippen LogP contribution in [0.4, 0.5) is 0 Å². The van der Waals surface area contributed by atoms with Crippen LogP contribution in [0.1, 0.15) is 64.2 Å². The van der Waals surface area contributed by atoms with Crippen LogP contribution >= 0.6 is 0 Å². The molecule has 0 aromatic heterocycles. The number of methoxy groups -OCH3 is 1. The molecule has 0 atom stereocenters. The molecular weight excluding hydrogens is 370 g/mol. The average molecular weight is 408 g/mol. The van der Waals surface area contributed by atoms with Crippen molar-refractivity contribution >= 4 is 17.8 Å². The molecule has 2 aliphatic carbocycles. The number of carbonyl (C=O) groups is 3. The molecule has 2 aliphatic rings. The first-order chi connectivity index (χ1) is 14.0. The van der Waals surface area contributed by atoms with E-state index in [9.17, 15) is 14.4 Å². The molecule has 0 heterocycles. The summed E-state index contributed by atoms with van der Waals surface area (Å²) in [5.41, 5.74) is 0. The van der Waals surface area contributed by atoms with Crippen molar-refractivity contribution in [2.24, 2.45) is 23.7 Å². The lowest BCUT2D eigenvalue weighted by molar-refractivity contribution is -0.147. The molecule has 0 aromatic carbocycles. The van der Waals surface area contributed by atoms with Crippen molar-refractivity contribution in [3.63, 3.8) is 0 Å². The Labute approximate surface area is 175 Å². The van der Waals surface area contributed by atoms with E-state index >= 15 is 0 Å². The van der Waals surface area contributed by atoms with Crippen LogP contribution in [0.25, 0.3) is 0 Å². The molecule has 0 aromatic rings. The fraction of sp³-hybridized carbons (Fsp3) is 0.783. The number of nitrogens with zero attached hydrogens (tertiary/aromatic N) is 1. The highest BCUT2D eigenvalue weighted by Gasteiger charge is 2.35. The lowest BCUT2D eigenvalue weighted by Gasteiger charge is -2.37. The van der Waals surface area contributed by atoms with E-state index < -0.39 is 5.97 Å². The topological polar surface area (TPSA) is 72.9 Å². The minimum Gasteiger partial charge on any atom is -0.469 e. The molecule has 29 heavy (non-hydrogen) atoms. The quantitative estimate of drug-likeness (QED) is 0.331. The summed E-state index contributed by atoms with van der Waals surface area (Å²) in [6.07, 6.45) is 11.0. The fourth-order valence-electron chi connectivity index (χ4n) is 4.94. The zero-order chi connectivity index (χ0) is 21.2. The molecule has 0 aliphatic heterocycles. The van der Waals surface area contributed by atoms with E-state index in [2.05, 4.69) is 6.58 Å². The van der Waals surface area contributed by atoms with Gasteiger partial charge in [-0.2, -0.15) is 0 Å². The number of hydrogen-bond acceptors (Lipinski definition) is 5. The Morgan fingerprint density at radius 1 is 0.931 bits per heavy atom. The highest BCUT2D eigenvalue weighted by atomic mass is 16.5. The number of esters is 2. The van der Waals surface area contributed by atoms with Crippen LogP contribution in [0.2, 0.25) is 0 Å². The van der Waals surface area contributed by atoms with E-state index in [1.165, 1.54) is 7.11 Å². The van der Waals surface area contributed by atoms with Gasteiger partial charge in [0.05, 0.1) is 19.6 Å². The van der Waals surface area contributed by atoms with Crippen LogP contribution in [0.5, 0.6) is 0 Å². The molecular formula is C23H37NO5. The summed E-state index contributed by atoms with van der Waals surface area (Å²) in [6.45, 7) is 4.43. The number of unbranched alkanes of at least 4 members (excludes halogenated alkanes) is 1. The maximum absolute atomic E-state index is 12.7. The zero-order valence-corrected chi connectivity index (χ0v) is 18.1. The van der Waals surface area contributed by atoms with Crippen LogP contribution in [-0.4, -0.2) is 50.1 Å². The largest absolute Gasteiger partial charge is 0.469 e. The van der Waals surface area contributed by atoms with Gasteiger partial charge in [-0.3, -0.25) is 9.59 Å². The molecule has 0 saturated heterocycles. The summed E-state index contributed by atoms with van der Waals surface area (Å²) in [4.78, 5) is 37.3. The highest BCUT2D eigenvalue weighted by Crippen LogP contribution is 2.41. The SMILES string of the molecule is C=CC(=O)OCCCCN(C)C(=O)C1CCC(C2CCC(C(=O)OC)CC2)CC1. The average Bonchev–Trinajstić information content (AvgIpc) is 2.77. The molecule has 6 nitrogen and oxygen atoms in total. The van der Waals surface area contributed by atoms with Gasteiger partial charge in [0.15, 0.2) is 0 Å². The van der Waals surface area contributed by atoms with Crippen molar-refractivity contribution in [1.29, 1.82) is 0 Å². The van der Waals surface area contributed by atoms with Crippen molar-refractivity contribution in [3.05, 3.63) is 12.7 Å². The van der Waals surface area contributed by atoms with Crippen molar-refractivity contribution < 1.29 is 23.9 Å². The number of amides is 1. The second kappa shape index (κ2) is 12.0. The van der Waals surface area contributed by atoms with Crippen LogP contribution < -0.4 is 0 Å². The summed E-state index contributed by atoms with van der Waals surface area (Å²) in [5, 5.41) is 0. The third kappa shape index (κ3) is 7.16. The standard InChI is InChI=1S/C23H37NO5/c1-4-21(25)29-16-6-5-15-24(2)22(26)19-11-7-17(8-12-19)18-9-13-20(14-10-18)23(27)28-3/h4,17-20H,1,5-16H2,2-3H3. The first-order valence-electron chi connectivity index (χ1n) is 11.1. The Bertz CT molecular complexity index is 560. The fourth-order valence-corrected chi connectivity index (χ4v) is 4.94. The number of rotatable bonds is 9. The smallest absolute Gasteiger partial charge is 0.330 e. The molecule has 0 spiro atoms. The third-order valence-electron chi connectivity index (χ3n) is 6.77. The normalized spacial score (nSPS) is 27.0. The van der Waals surface area contributed by atoms with Crippen LogP contribution in [-0.2, 0) is 23.9 Å². The van der Waals surface area contributed by atoms with E-state index in [-0.39, 0.29) is 23.7 Å². The second-order valence-electron chi connectivity index (χ2n) is 8.59. The van der Waals surface area contributed by atoms with Crippen LogP contribution in [0.3, 0.4) is 0 Å². The third-order valence-corrected chi connectivity index (χ3v) is 6.77. The van der Waals surface area contributed by atoms with Gasteiger partial charge in [-0.1, -0.05) is 6.58 Å². The van der Waals surface area contributed by atoms with E-state index in [4.69, 9.17) is 9.47 Å². The lowest BCUT2D eigenvalue weighted by Crippen LogP contribution is -2.37. The van der Waals surface area contributed by atoms with Gasteiger partial charge in [-0.15, -0.1) is 0 Å². The Morgan fingerprint density at radius 3 is 2.00 bits per heavy atom. The molecule has 1 amide bonds. The Morgan fingerprint density at radius 2 is 1.48 bits per heavy atom. The van der Waals surface area contributed by atoms with E-state index in [0.29, 0.717) is 25.0 Å². The van der Waals surface area contributed by atoms with Gasteiger partial charge in [0, 0.05) is 25.6 Å². The number of ether oxygens (including phenoxy) is 2. The van der Waals surface area contributed by atoms with Gasteiger partial charge < -0.3 is 14.4 Å².